The molecule has 5 aromatic rings. The number of ether oxygens (including phenoxy) is 2. The zero-order valence-electron chi connectivity index (χ0n) is 38.6. The van der Waals surface area contributed by atoms with Crippen molar-refractivity contribution in [3.05, 3.63) is 112 Å². The third-order valence-corrected chi connectivity index (χ3v) is 11.4. The molecule has 2 aliphatic heterocycles. The molecule has 2 amide bonds. The fourth-order valence-corrected chi connectivity index (χ4v) is 8.23. The molecule has 3 aromatic carbocycles. The largest absolute Gasteiger partial charge is 0.444 e. The maximum atomic E-state index is 15.3. The number of carbonyl (C=O) groups excluding carboxylic acids is 2. The third kappa shape index (κ3) is 12.4. The van der Waals surface area contributed by atoms with Crippen LogP contribution in [0.4, 0.5) is 14.9 Å². The second-order valence-electron chi connectivity index (χ2n) is 17.3. The van der Waals surface area contributed by atoms with E-state index in [1.54, 1.807) is 11.0 Å². The molecule has 12 nitrogen and oxygen atoms in total. The van der Waals surface area contributed by atoms with Crippen molar-refractivity contribution < 1.29 is 23.5 Å². The van der Waals surface area contributed by atoms with Crippen molar-refractivity contribution in [2.45, 2.75) is 112 Å². The van der Waals surface area contributed by atoms with Crippen LogP contribution in [0, 0.1) is 5.82 Å². The summed E-state index contributed by atoms with van der Waals surface area (Å²) in [6.07, 6.45) is 4.36. The fraction of sp³-hybridized carbons (Fsp3) is 0.480. The smallest absolute Gasteiger partial charge is 0.410 e. The number of aryl methyl sites for hydroxylation is 2. The van der Waals surface area contributed by atoms with E-state index in [0.717, 1.165) is 96.8 Å². The van der Waals surface area contributed by atoms with Gasteiger partial charge in [0.05, 0.1) is 17.3 Å². The number of rotatable bonds is 14. The van der Waals surface area contributed by atoms with Gasteiger partial charge in [-0.05, 0) is 107 Å². The predicted octanol–water partition coefficient (Wildman–Crippen LogP) is 9.05. The summed E-state index contributed by atoms with van der Waals surface area (Å²) in [5.74, 6) is -0.512. The summed E-state index contributed by atoms with van der Waals surface area (Å²) in [7, 11) is 2.10. The Morgan fingerprint density at radius 2 is 1.65 bits per heavy atom. The quantitative estimate of drug-likeness (QED) is 0.113. The van der Waals surface area contributed by atoms with Gasteiger partial charge in [0.2, 0.25) is 0 Å². The molecule has 0 radical (unpaired) electrons. The van der Waals surface area contributed by atoms with E-state index in [1.165, 1.54) is 11.6 Å². The molecular weight excluding hydrogens is 796 g/mol. The molecule has 2 fully saturated rings. The SMILES string of the molecule is CC.CCc1nc2c(cnn2CC)c(NC2CCOCC2)c1CN(C)Cc1cccc(C(=O)NCc2ccc(F)c(-c3cccc(CN4CCN(C(=O)OC(C)(C)C)CC4)c3)c2)c1. The zero-order chi connectivity index (χ0) is 45.1. The number of aromatic nitrogens is 3. The van der Waals surface area contributed by atoms with E-state index in [9.17, 15) is 9.59 Å². The van der Waals surface area contributed by atoms with Gasteiger partial charge in [0.1, 0.15) is 11.4 Å². The molecule has 0 atom stereocenters. The molecule has 0 spiro atoms. The van der Waals surface area contributed by atoms with Crippen molar-refractivity contribution >= 4 is 28.7 Å². The van der Waals surface area contributed by atoms with Crippen molar-refractivity contribution in [1.29, 1.82) is 0 Å². The first-order chi connectivity index (χ1) is 30.4. The van der Waals surface area contributed by atoms with Gasteiger partial charge in [0.15, 0.2) is 5.65 Å². The third-order valence-electron chi connectivity index (χ3n) is 11.4. The Balaban J connectivity index is 0.00000326. The number of fused-ring (bicyclic) bond motifs is 1. The van der Waals surface area contributed by atoms with E-state index >= 15 is 4.39 Å². The van der Waals surface area contributed by atoms with Crippen molar-refractivity contribution in [3.63, 3.8) is 0 Å². The van der Waals surface area contributed by atoms with E-state index in [1.807, 2.05) is 100 Å². The Kier molecular flexibility index (Phi) is 16.3. The molecule has 0 aliphatic carbocycles. The molecular formula is C50H67FN8O4. The minimum absolute atomic E-state index is 0.192. The first kappa shape index (κ1) is 47.1. The van der Waals surface area contributed by atoms with Crippen LogP contribution in [-0.4, -0.2) is 99.5 Å². The maximum Gasteiger partial charge on any atom is 0.410 e. The molecule has 338 valence electrons. The molecule has 0 unspecified atom stereocenters. The summed E-state index contributed by atoms with van der Waals surface area (Å²) in [5.41, 5.74) is 8.44. The van der Waals surface area contributed by atoms with Crippen LogP contribution < -0.4 is 10.6 Å². The summed E-state index contributed by atoms with van der Waals surface area (Å²) < 4.78 is 28.5. The van der Waals surface area contributed by atoms with Gasteiger partial charge in [-0.3, -0.25) is 14.6 Å². The second kappa shape index (κ2) is 21.8. The molecule has 0 saturated carbocycles. The highest BCUT2D eigenvalue weighted by Crippen LogP contribution is 2.33. The lowest BCUT2D eigenvalue weighted by Crippen LogP contribution is -2.49. The standard InChI is InChI=1S/C48H61FN8O4.C2H6/c1-7-43-41(44(52-38-17-23-60-24-18-38)40-29-51-57(8-2)45(40)53-43)32-54(6)30-34-11-10-14-37(26-34)46(58)50-28-33-15-16-42(49)39(27-33)36-13-9-12-35(25-36)31-55-19-21-56(22-20-55)47(59)61-48(3,4)5;1-2/h9-16,25-27,29,38H,7-8,17-24,28,30-32H2,1-6H3,(H,50,58)(H,52,53);1-2H3. The average molecular weight is 863 g/mol. The van der Waals surface area contributed by atoms with Gasteiger partial charge in [-0.2, -0.15) is 5.10 Å². The number of anilines is 1. The molecule has 7 rings (SSSR count). The summed E-state index contributed by atoms with van der Waals surface area (Å²) in [5, 5.41) is 12.6. The highest BCUT2D eigenvalue weighted by Gasteiger charge is 2.26. The topological polar surface area (TPSA) is 117 Å². The lowest BCUT2D eigenvalue weighted by molar-refractivity contribution is 0.0139. The molecule has 2 N–H and O–H groups in total. The van der Waals surface area contributed by atoms with Crippen LogP contribution in [0.2, 0.25) is 0 Å². The van der Waals surface area contributed by atoms with Gasteiger partial charge < -0.3 is 25.0 Å². The molecule has 2 aliphatic rings. The monoisotopic (exact) mass is 863 g/mol. The summed E-state index contributed by atoms with van der Waals surface area (Å²) in [6, 6.07) is 21.0. The van der Waals surface area contributed by atoms with E-state index in [4.69, 9.17) is 14.5 Å². The van der Waals surface area contributed by atoms with Crippen LogP contribution in [0.3, 0.4) is 0 Å². The molecule has 4 heterocycles. The molecule has 2 aromatic heterocycles. The average Bonchev–Trinajstić information content (AvgIpc) is 3.70. The summed E-state index contributed by atoms with van der Waals surface area (Å²) in [4.78, 5) is 37.5. The highest BCUT2D eigenvalue weighted by atomic mass is 19.1. The number of halogens is 1. The first-order valence-corrected chi connectivity index (χ1v) is 22.7. The maximum absolute atomic E-state index is 15.3. The Hall–Kier alpha value is -5.37. The number of nitrogens with zero attached hydrogens (tertiary/aromatic N) is 6. The van der Waals surface area contributed by atoms with Crippen LogP contribution in [-0.2, 0) is 48.6 Å². The number of pyridine rings is 1. The van der Waals surface area contributed by atoms with E-state index in [0.29, 0.717) is 49.9 Å². The number of benzene rings is 3. The predicted molar refractivity (Wildman–Crippen MR) is 249 cm³/mol. The van der Waals surface area contributed by atoms with Gasteiger partial charge in [0, 0.05) is 101 Å². The fourth-order valence-electron chi connectivity index (χ4n) is 8.23. The number of hydrogen-bond donors (Lipinski definition) is 2. The van der Waals surface area contributed by atoms with E-state index in [2.05, 4.69) is 46.4 Å². The van der Waals surface area contributed by atoms with E-state index in [-0.39, 0.29) is 24.4 Å². The molecule has 63 heavy (non-hydrogen) atoms. The van der Waals surface area contributed by atoms with Crippen LogP contribution in [0.5, 0.6) is 0 Å². The lowest BCUT2D eigenvalue weighted by Gasteiger charge is -2.35. The lowest BCUT2D eigenvalue weighted by atomic mass is 10.00. The first-order valence-electron chi connectivity index (χ1n) is 22.7. The van der Waals surface area contributed by atoms with Crippen molar-refractivity contribution in [3.8, 4) is 11.1 Å². The van der Waals surface area contributed by atoms with Crippen LogP contribution in [0.1, 0.15) is 99.6 Å². The van der Waals surface area contributed by atoms with Gasteiger partial charge >= 0.3 is 6.09 Å². The van der Waals surface area contributed by atoms with Crippen molar-refractivity contribution in [2.75, 3.05) is 51.8 Å². The molecule has 0 bridgehead atoms. The zero-order valence-corrected chi connectivity index (χ0v) is 38.6. The minimum Gasteiger partial charge on any atom is -0.444 e. The van der Waals surface area contributed by atoms with Gasteiger partial charge in [0.25, 0.3) is 5.91 Å². The van der Waals surface area contributed by atoms with Crippen molar-refractivity contribution in [2.24, 2.45) is 0 Å². The minimum atomic E-state index is -0.527. The van der Waals surface area contributed by atoms with Crippen LogP contribution >= 0.6 is 0 Å². The normalized spacial score (nSPS) is 15.0. The van der Waals surface area contributed by atoms with Crippen molar-refractivity contribution in [1.82, 2.24) is 34.8 Å². The van der Waals surface area contributed by atoms with Gasteiger partial charge in [-0.15, -0.1) is 0 Å². The second-order valence-corrected chi connectivity index (χ2v) is 17.3. The Bertz CT molecular complexity index is 2310. The highest BCUT2D eigenvalue weighted by molar-refractivity contribution is 5.94. The van der Waals surface area contributed by atoms with Crippen LogP contribution in [0.15, 0.2) is 72.9 Å². The Morgan fingerprint density at radius 3 is 2.37 bits per heavy atom. The van der Waals surface area contributed by atoms with Gasteiger partial charge in [-0.25, -0.2) is 18.9 Å². The van der Waals surface area contributed by atoms with E-state index < -0.39 is 5.60 Å². The van der Waals surface area contributed by atoms with Crippen LogP contribution in [0.25, 0.3) is 22.2 Å². The Morgan fingerprint density at radius 1 is 0.921 bits per heavy atom. The molecule has 13 heteroatoms. The Labute approximate surface area is 373 Å². The number of nitrogens with one attached hydrogen (secondary N) is 2. The number of piperazine rings is 1. The summed E-state index contributed by atoms with van der Waals surface area (Å²) in [6.45, 7) is 21.0. The summed E-state index contributed by atoms with van der Waals surface area (Å²) >= 11 is 0. The van der Waals surface area contributed by atoms with Gasteiger partial charge in [-0.1, -0.05) is 57.2 Å². The number of carbonyl (C=O) groups is 2. The molecule has 2 saturated heterocycles. The number of hydrogen-bond acceptors (Lipinski definition) is 9. The number of amides is 2.